The maximum absolute atomic E-state index is 12.2. The molecule has 2 N–H and O–H groups in total. The zero-order chi connectivity index (χ0) is 14.4. The number of rotatable bonds is 8. The van der Waals surface area contributed by atoms with Gasteiger partial charge < -0.3 is 5.73 Å². The zero-order valence-electron chi connectivity index (χ0n) is 11.8. The SMILES string of the molecule is CCc1ccc(C(=O)CN(CC(N)=O)CC(C)C)s1. The van der Waals surface area contributed by atoms with Crippen molar-refractivity contribution in [2.24, 2.45) is 11.7 Å². The Balaban J connectivity index is 2.66. The summed E-state index contributed by atoms with van der Waals surface area (Å²) in [7, 11) is 0. The molecule has 0 saturated carbocycles. The quantitative estimate of drug-likeness (QED) is 0.741. The molecule has 1 amide bonds. The highest BCUT2D eigenvalue weighted by atomic mass is 32.1. The second kappa shape index (κ2) is 7.40. The molecule has 0 aliphatic rings. The number of primary amides is 1. The van der Waals surface area contributed by atoms with E-state index >= 15 is 0 Å². The minimum absolute atomic E-state index is 0.0617. The molecule has 0 aliphatic carbocycles. The minimum atomic E-state index is -0.395. The van der Waals surface area contributed by atoms with E-state index in [4.69, 9.17) is 5.73 Å². The Morgan fingerprint density at radius 3 is 2.47 bits per heavy atom. The lowest BCUT2D eigenvalue weighted by atomic mass is 10.2. The molecule has 5 heteroatoms. The van der Waals surface area contributed by atoms with Gasteiger partial charge in [-0.3, -0.25) is 14.5 Å². The number of hydrogen-bond acceptors (Lipinski definition) is 4. The molecule has 0 atom stereocenters. The first-order valence-electron chi connectivity index (χ1n) is 6.55. The summed E-state index contributed by atoms with van der Waals surface area (Å²) in [5.74, 6) is 0.0576. The van der Waals surface area contributed by atoms with Crippen molar-refractivity contribution >= 4 is 23.0 Å². The molecule has 0 aliphatic heterocycles. The number of carbonyl (C=O) groups excluding carboxylic acids is 2. The molecule has 4 nitrogen and oxygen atoms in total. The number of nitrogens with two attached hydrogens (primary N) is 1. The van der Waals surface area contributed by atoms with E-state index in [-0.39, 0.29) is 18.9 Å². The number of aryl methyl sites for hydroxylation is 1. The molecule has 0 spiro atoms. The van der Waals surface area contributed by atoms with Crippen molar-refractivity contribution in [1.82, 2.24) is 4.90 Å². The Morgan fingerprint density at radius 1 is 1.32 bits per heavy atom. The molecule has 0 unspecified atom stereocenters. The summed E-state index contributed by atoms with van der Waals surface area (Å²) in [6.07, 6.45) is 0.939. The van der Waals surface area contributed by atoms with Crippen molar-refractivity contribution in [3.63, 3.8) is 0 Å². The number of thiophene rings is 1. The predicted molar refractivity (Wildman–Crippen MR) is 78.5 cm³/mol. The van der Waals surface area contributed by atoms with Crippen molar-refractivity contribution in [2.75, 3.05) is 19.6 Å². The summed E-state index contributed by atoms with van der Waals surface area (Å²) >= 11 is 1.53. The van der Waals surface area contributed by atoms with Crippen LogP contribution in [0.2, 0.25) is 0 Å². The van der Waals surface area contributed by atoms with Crippen LogP contribution in [0, 0.1) is 5.92 Å². The number of ketones is 1. The molecule has 106 valence electrons. The second-order valence-corrected chi connectivity index (χ2v) is 6.24. The molecule has 1 aromatic heterocycles. The van der Waals surface area contributed by atoms with Gasteiger partial charge in [-0.15, -0.1) is 11.3 Å². The molecule has 0 fully saturated rings. The third-order valence-electron chi connectivity index (χ3n) is 2.65. The normalized spacial score (nSPS) is 11.2. The summed E-state index contributed by atoms with van der Waals surface area (Å²) in [4.78, 5) is 27.0. The fraction of sp³-hybridized carbons (Fsp3) is 0.571. The first kappa shape index (κ1) is 15.9. The largest absolute Gasteiger partial charge is 0.369 e. The van der Waals surface area contributed by atoms with Gasteiger partial charge in [-0.1, -0.05) is 20.8 Å². The smallest absolute Gasteiger partial charge is 0.231 e. The third-order valence-corrected chi connectivity index (χ3v) is 3.93. The number of Topliss-reactive ketones (excluding diaryl/α,β-unsaturated/α-hetero) is 1. The molecular weight excluding hydrogens is 260 g/mol. The predicted octanol–water partition coefficient (Wildman–Crippen LogP) is 1.94. The van der Waals surface area contributed by atoms with Crippen LogP contribution in [0.3, 0.4) is 0 Å². The number of nitrogens with zero attached hydrogens (tertiary/aromatic N) is 1. The summed E-state index contributed by atoms with van der Waals surface area (Å²) in [6, 6.07) is 3.85. The fourth-order valence-corrected chi connectivity index (χ4v) is 2.80. The van der Waals surface area contributed by atoms with Crippen LogP contribution >= 0.6 is 11.3 Å². The Bertz CT molecular complexity index is 440. The molecule has 0 aromatic carbocycles. The number of carbonyl (C=O) groups is 2. The molecule has 1 aromatic rings. The van der Waals surface area contributed by atoms with Crippen LogP contribution in [0.25, 0.3) is 0 Å². The lowest BCUT2D eigenvalue weighted by Gasteiger charge is -2.21. The van der Waals surface area contributed by atoms with Gasteiger partial charge in [-0.2, -0.15) is 0 Å². The maximum Gasteiger partial charge on any atom is 0.231 e. The Kier molecular flexibility index (Phi) is 6.18. The monoisotopic (exact) mass is 282 g/mol. The van der Waals surface area contributed by atoms with Crippen molar-refractivity contribution in [2.45, 2.75) is 27.2 Å². The van der Waals surface area contributed by atoms with E-state index in [2.05, 4.69) is 20.8 Å². The van der Waals surface area contributed by atoms with Crippen molar-refractivity contribution < 1.29 is 9.59 Å². The van der Waals surface area contributed by atoms with E-state index in [1.54, 1.807) is 0 Å². The van der Waals surface area contributed by atoms with Crippen LogP contribution in [-0.2, 0) is 11.2 Å². The van der Waals surface area contributed by atoms with Gasteiger partial charge in [0, 0.05) is 11.4 Å². The Labute approximate surface area is 118 Å². The van der Waals surface area contributed by atoms with Gasteiger partial charge in [-0.25, -0.2) is 0 Å². The fourth-order valence-electron chi connectivity index (χ4n) is 1.92. The molecular formula is C14H22N2O2S. The van der Waals surface area contributed by atoms with Gasteiger partial charge in [0.05, 0.1) is 18.0 Å². The molecule has 1 rings (SSSR count). The van der Waals surface area contributed by atoms with Crippen LogP contribution in [0.5, 0.6) is 0 Å². The van der Waals surface area contributed by atoms with E-state index in [1.807, 2.05) is 17.0 Å². The minimum Gasteiger partial charge on any atom is -0.369 e. The summed E-state index contributed by atoms with van der Waals surface area (Å²) in [5, 5.41) is 0. The molecule has 0 radical (unpaired) electrons. The number of hydrogen-bond donors (Lipinski definition) is 1. The topological polar surface area (TPSA) is 63.4 Å². The van der Waals surface area contributed by atoms with Gasteiger partial charge in [0.1, 0.15) is 0 Å². The average Bonchev–Trinajstić information content (AvgIpc) is 2.75. The van der Waals surface area contributed by atoms with Gasteiger partial charge in [-0.05, 0) is 24.5 Å². The average molecular weight is 282 g/mol. The van der Waals surface area contributed by atoms with Gasteiger partial charge in [0.2, 0.25) is 5.91 Å². The lowest BCUT2D eigenvalue weighted by Crippen LogP contribution is -2.39. The van der Waals surface area contributed by atoms with Crippen LogP contribution in [0.15, 0.2) is 12.1 Å². The highest BCUT2D eigenvalue weighted by Gasteiger charge is 2.16. The van der Waals surface area contributed by atoms with E-state index in [1.165, 1.54) is 16.2 Å². The van der Waals surface area contributed by atoms with Crippen LogP contribution < -0.4 is 5.73 Å². The molecule has 0 bridgehead atoms. The van der Waals surface area contributed by atoms with Crippen LogP contribution in [0.4, 0.5) is 0 Å². The molecule has 0 saturated heterocycles. The summed E-state index contributed by atoms with van der Waals surface area (Å²) in [5.41, 5.74) is 5.22. The van der Waals surface area contributed by atoms with Crippen molar-refractivity contribution in [3.8, 4) is 0 Å². The molecule has 1 heterocycles. The van der Waals surface area contributed by atoms with Crippen molar-refractivity contribution in [3.05, 3.63) is 21.9 Å². The van der Waals surface area contributed by atoms with E-state index < -0.39 is 5.91 Å². The van der Waals surface area contributed by atoms with E-state index in [9.17, 15) is 9.59 Å². The first-order chi connectivity index (χ1) is 8.92. The lowest BCUT2D eigenvalue weighted by molar-refractivity contribution is -0.119. The highest BCUT2D eigenvalue weighted by molar-refractivity contribution is 7.14. The molecule has 19 heavy (non-hydrogen) atoms. The van der Waals surface area contributed by atoms with Gasteiger partial charge in [0.25, 0.3) is 0 Å². The number of amides is 1. The summed E-state index contributed by atoms with van der Waals surface area (Å²) < 4.78 is 0. The Hall–Kier alpha value is -1.20. The van der Waals surface area contributed by atoms with E-state index in [0.29, 0.717) is 12.5 Å². The highest BCUT2D eigenvalue weighted by Crippen LogP contribution is 2.18. The standard InChI is InChI=1S/C14H22N2O2S/c1-4-11-5-6-13(19-11)12(17)8-16(7-10(2)3)9-14(15)18/h5-6,10H,4,7-9H2,1-3H3,(H2,15,18). The Morgan fingerprint density at radius 2 is 2.00 bits per heavy atom. The second-order valence-electron chi connectivity index (χ2n) is 5.07. The van der Waals surface area contributed by atoms with Gasteiger partial charge in [0.15, 0.2) is 5.78 Å². The van der Waals surface area contributed by atoms with E-state index in [0.717, 1.165) is 11.3 Å². The van der Waals surface area contributed by atoms with Gasteiger partial charge >= 0.3 is 0 Å². The van der Waals surface area contributed by atoms with Crippen LogP contribution in [-0.4, -0.2) is 36.2 Å². The first-order valence-corrected chi connectivity index (χ1v) is 7.36. The maximum atomic E-state index is 12.2. The third kappa shape index (κ3) is 5.53. The summed E-state index contributed by atoms with van der Waals surface area (Å²) in [6.45, 7) is 7.26. The van der Waals surface area contributed by atoms with Crippen LogP contribution in [0.1, 0.15) is 35.3 Å². The van der Waals surface area contributed by atoms with Crippen molar-refractivity contribution in [1.29, 1.82) is 0 Å². The zero-order valence-corrected chi connectivity index (χ0v) is 12.6.